The lowest BCUT2D eigenvalue weighted by molar-refractivity contribution is -0.143. The van der Waals surface area contributed by atoms with Gasteiger partial charge in [0.25, 0.3) is 0 Å². The summed E-state index contributed by atoms with van der Waals surface area (Å²) < 4.78 is 0. The molecule has 0 spiro atoms. The quantitative estimate of drug-likeness (QED) is 0.652. The van der Waals surface area contributed by atoms with Gasteiger partial charge in [-0.1, -0.05) is 0 Å². The summed E-state index contributed by atoms with van der Waals surface area (Å²) in [5.41, 5.74) is -0.588. The van der Waals surface area contributed by atoms with Crippen LogP contribution >= 0.6 is 0 Å². The van der Waals surface area contributed by atoms with Crippen molar-refractivity contribution in [3.63, 3.8) is 0 Å². The first-order valence-corrected chi connectivity index (χ1v) is 9.65. The van der Waals surface area contributed by atoms with Crippen LogP contribution in [0.2, 0.25) is 0 Å². The van der Waals surface area contributed by atoms with Crippen molar-refractivity contribution in [1.82, 2.24) is 10.6 Å². The van der Waals surface area contributed by atoms with Gasteiger partial charge >= 0.3 is 5.97 Å². The molecule has 6 nitrogen and oxygen atoms in total. The highest BCUT2D eigenvalue weighted by atomic mass is 16.4. The lowest BCUT2D eigenvalue weighted by atomic mass is 9.49. The van der Waals surface area contributed by atoms with Gasteiger partial charge in [0.2, 0.25) is 11.8 Å². The Morgan fingerprint density at radius 2 is 1.44 bits per heavy atom. The largest absolute Gasteiger partial charge is 0.481 e. The van der Waals surface area contributed by atoms with E-state index in [1.165, 1.54) is 38.5 Å². The van der Waals surface area contributed by atoms with Gasteiger partial charge in [-0.2, -0.15) is 0 Å². The highest BCUT2D eigenvalue weighted by Crippen LogP contribution is 2.61. The predicted molar refractivity (Wildman–Crippen MR) is 90.5 cm³/mol. The Bertz CT molecular complexity index is 561. The molecular formula is C19H28N2O4. The molecular weight excluding hydrogens is 320 g/mol. The highest BCUT2D eigenvalue weighted by molar-refractivity contribution is 5.86. The van der Waals surface area contributed by atoms with E-state index >= 15 is 0 Å². The first kappa shape index (κ1) is 16.9. The van der Waals surface area contributed by atoms with Crippen molar-refractivity contribution in [2.75, 3.05) is 13.1 Å². The van der Waals surface area contributed by atoms with E-state index in [0.717, 1.165) is 17.8 Å². The molecule has 0 unspecified atom stereocenters. The van der Waals surface area contributed by atoms with Crippen molar-refractivity contribution >= 4 is 17.8 Å². The summed E-state index contributed by atoms with van der Waals surface area (Å²) in [4.78, 5) is 35.4. The van der Waals surface area contributed by atoms with Crippen LogP contribution in [0, 0.1) is 28.6 Å². The third kappa shape index (κ3) is 3.40. The summed E-state index contributed by atoms with van der Waals surface area (Å²) in [5, 5.41) is 14.5. The lowest BCUT2D eigenvalue weighted by Crippen LogP contribution is -2.48. The van der Waals surface area contributed by atoms with Crippen LogP contribution in [0.15, 0.2) is 0 Å². The van der Waals surface area contributed by atoms with Gasteiger partial charge in [-0.25, -0.2) is 0 Å². The summed E-state index contributed by atoms with van der Waals surface area (Å²) in [5.74, 6) is 1.26. The predicted octanol–water partition coefficient (Wildman–Crippen LogP) is 1.69. The Morgan fingerprint density at radius 3 is 1.92 bits per heavy atom. The second-order valence-corrected chi connectivity index (χ2v) is 9.23. The summed E-state index contributed by atoms with van der Waals surface area (Å²) in [7, 11) is 0. The molecule has 138 valence electrons. The Morgan fingerprint density at radius 1 is 0.880 bits per heavy atom. The minimum absolute atomic E-state index is 0.0310. The van der Waals surface area contributed by atoms with E-state index in [0.29, 0.717) is 19.3 Å². The van der Waals surface area contributed by atoms with Gasteiger partial charge in [0.15, 0.2) is 0 Å². The monoisotopic (exact) mass is 348 g/mol. The summed E-state index contributed by atoms with van der Waals surface area (Å²) in [6.07, 6.45) is 9.38. The zero-order chi connectivity index (χ0) is 17.7. The van der Waals surface area contributed by atoms with Gasteiger partial charge in [0, 0.05) is 13.0 Å². The summed E-state index contributed by atoms with van der Waals surface area (Å²) in [6, 6.07) is 0. The average molecular weight is 348 g/mol. The molecule has 5 aliphatic carbocycles. The minimum Gasteiger partial charge on any atom is -0.481 e. The van der Waals surface area contributed by atoms with Crippen LogP contribution in [0.25, 0.3) is 0 Å². The number of rotatable bonds is 7. The van der Waals surface area contributed by atoms with Crippen LogP contribution in [0.4, 0.5) is 0 Å². The van der Waals surface area contributed by atoms with E-state index in [1.54, 1.807) is 0 Å². The highest BCUT2D eigenvalue weighted by Gasteiger charge is 2.52. The van der Waals surface area contributed by atoms with Crippen LogP contribution in [-0.2, 0) is 14.4 Å². The number of carbonyl (C=O) groups excluding carboxylic acids is 2. The number of carboxylic acids is 1. The van der Waals surface area contributed by atoms with E-state index in [1.807, 2.05) is 0 Å². The molecule has 4 bridgehead atoms. The zero-order valence-electron chi connectivity index (χ0n) is 14.7. The van der Waals surface area contributed by atoms with E-state index in [2.05, 4.69) is 10.6 Å². The van der Waals surface area contributed by atoms with Gasteiger partial charge in [0.1, 0.15) is 0 Å². The van der Waals surface area contributed by atoms with Crippen LogP contribution in [0.3, 0.4) is 0 Å². The van der Waals surface area contributed by atoms with Crippen molar-refractivity contribution in [2.24, 2.45) is 28.6 Å². The fraction of sp³-hybridized carbons (Fsp3) is 0.842. The number of hydrogen-bond donors (Lipinski definition) is 3. The topological polar surface area (TPSA) is 95.5 Å². The molecule has 0 atom stereocenters. The molecule has 0 aromatic heterocycles. The van der Waals surface area contributed by atoms with Crippen molar-refractivity contribution < 1.29 is 19.5 Å². The third-order valence-electron chi connectivity index (χ3n) is 7.08. The van der Waals surface area contributed by atoms with Crippen molar-refractivity contribution in [2.45, 2.75) is 57.8 Å². The molecule has 0 heterocycles. The molecule has 6 heteroatoms. The molecule has 2 amide bonds. The maximum Gasteiger partial charge on any atom is 0.311 e. The fourth-order valence-corrected chi connectivity index (χ4v) is 6.04. The van der Waals surface area contributed by atoms with Gasteiger partial charge in [-0.15, -0.1) is 0 Å². The van der Waals surface area contributed by atoms with Crippen LogP contribution in [-0.4, -0.2) is 36.0 Å². The van der Waals surface area contributed by atoms with E-state index in [4.69, 9.17) is 5.11 Å². The van der Waals surface area contributed by atoms with E-state index < -0.39 is 11.4 Å². The Hall–Kier alpha value is -1.59. The number of amides is 2. The Kier molecular flexibility index (Phi) is 4.04. The molecule has 5 saturated carbocycles. The first-order valence-electron chi connectivity index (χ1n) is 9.65. The standard InChI is InChI=1S/C19H28N2O4/c22-15(20-10-16(23)21-11-19(1-2-19)17(24)25)9-18-6-12-3-13(7-18)5-14(4-12)8-18/h12-14H,1-11H2,(H,20,22)(H,21,23)(H,24,25). The Labute approximate surface area is 148 Å². The Balaban J connectivity index is 1.22. The van der Waals surface area contributed by atoms with Crippen LogP contribution in [0.5, 0.6) is 0 Å². The van der Waals surface area contributed by atoms with Crippen LogP contribution in [0.1, 0.15) is 57.8 Å². The third-order valence-corrected chi connectivity index (χ3v) is 7.08. The summed E-state index contributed by atoms with van der Waals surface area (Å²) >= 11 is 0. The molecule has 3 N–H and O–H groups in total. The number of hydrogen-bond acceptors (Lipinski definition) is 3. The number of carbonyl (C=O) groups is 3. The SMILES string of the molecule is O=C(CNC(=O)CC12CC3CC(CC(C3)C1)C2)NCC1(C(=O)O)CC1. The van der Waals surface area contributed by atoms with Crippen molar-refractivity contribution in [3.05, 3.63) is 0 Å². The molecule has 5 rings (SSSR count). The molecule has 0 aromatic rings. The second kappa shape index (κ2) is 5.99. The van der Waals surface area contributed by atoms with E-state index in [9.17, 15) is 14.4 Å². The molecule has 0 aromatic carbocycles. The number of aliphatic carboxylic acids is 1. The average Bonchev–Trinajstić information content (AvgIpc) is 3.30. The van der Waals surface area contributed by atoms with Gasteiger partial charge < -0.3 is 15.7 Å². The van der Waals surface area contributed by atoms with Crippen molar-refractivity contribution in [1.29, 1.82) is 0 Å². The normalized spacial score (nSPS) is 36.7. The van der Waals surface area contributed by atoms with Crippen molar-refractivity contribution in [3.8, 4) is 0 Å². The second-order valence-electron chi connectivity index (χ2n) is 9.23. The minimum atomic E-state index is -0.848. The maximum absolute atomic E-state index is 12.4. The van der Waals surface area contributed by atoms with Gasteiger partial charge in [-0.05, 0) is 74.5 Å². The maximum atomic E-state index is 12.4. The van der Waals surface area contributed by atoms with E-state index in [-0.39, 0.29) is 30.3 Å². The molecule has 0 saturated heterocycles. The summed E-state index contributed by atoms with van der Waals surface area (Å²) in [6.45, 7) is 0.104. The molecule has 0 aliphatic heterocycles. The first-order chi connectivity index (χ1) is 11.9. The lowest BCUT2D eigenvalue weighted by Gasteiger charge is -2.56. The zero-order valence-corrected chi connectivity index (χ0v) is 14.7. The van der Waals surface area contributed by atoms with Gasteiger partial charge in [0.05, 0.1) is 12.0 Å². The molecule has 5 aliphatic rings. The van der Waals surface area contributed by atoms with Gasteiger partial charge in [-0.3, -0.25) is 14.4 Å². The number of carboxylic acid groups (broad SMARTS) is 1. The fourth-order valence-electron chi connectivity index (χ4n) is 6.04. The molecule has 25 heavy (non-hydrogen) atoms. The van der Waals surface area contributed by atoms with Crippen LogP contribution < -0.4 is 10.6 Å². The number of nitrogens with one attached hydrogen (secondary N) is 2. The molecule has 0 radical (unpaired) electrons. The molecule has 5 fully saturated rings. The smallest absolute Gasteiger partial charge is 0.311 e.